The van der Waals surface area contributed by atoms with E-state index >= 15 is 0 Å². The van der Waals surface area contributed by atoms with Crippen LogP contribution in [0.15, 0.2) is 134 Å². The van der Waals surface area contributed by atoms with E-state index in [4.69, 9.17) is 42.1 Å². The van der Waals surface area contributed by atoms with Gasteiger partial charge in [0.15, 0.2) is 0 Å². The van der Waals surface area contributed by atoms with Crippen molar-refractivity contribution in [1.29, 1.82) is 0 Å². The quantitative estimate of drug-likeness (QED) is 0.125. The smallest absolute Gasteiger partial charge is 0.264 e. The van der Waals surface area contributed by atoms with Gasteiger partial charge in [-0.15, -0.1) is 0 Å². The first-order valence-corrected chi connectivity index (χ1v) is 38.2. The minimum absolute atomic E-state index is 0.0258. The van der Waals surface area contributed by atoms with Gasteiger partial charge in [-0.2, -0.15) is 8.78 Å². The molecule has 4 aliphatic carbocycles. The molecule has 4 aromatic carbocycles. The van der Waals surface area contributed by atoms with Crippen LogP contribution in [0.1, 0.15) is 146 Å². The number of ether oxygens (including phenoxy) is 4. The van der Waals surface area contributed by atoms with Crippen LogP contribution in [0.25, 0.3) is 0 Å². The van der Waals surface area contributed by atoms with Gasteiger partial charge in [0, 0.05) is 108 Å². The molecule has 2 aromatic heterocycles. The Morgan fingerprint density at radius 2 is 0.980 bits per heavy atom. The first kappa shape index (κ1) is 69.5. The highest BCUT2D eigenvalue weighted by atomic mass is 35.5. The molecule has 4 aliphatic heterocycles. The highest BCUT2D eigenvalue weighted by Crippen LogP contribution is 2.55. The number of sulfonamides is 2. The minimum Gasteiger partial charge on any atom is -0.490 e. The number of amides is 2. The van der Waals surface area contributed by atoms with Gasteiger partial charge >= 0.3 is 0 Å². The van der Waals surface area contributed by atoms with Crippen molar-refractivity contribution in [2.24, 2.45) is 35.5 Å². The predicted molar refractivity (Wildman–Crippen MR) is 376 cm³/mol. The number of methoxy groups -OCH3 is 2. The lowest BCUT2D eigenvalue weighted by Gasteiger charge is -2.50. The summed E-state index contributed by atoms with van der Waals surface area (Å²) in [6.07, 6.45) is 21.3. The van der Waals surface area contributed by atoms with Crippen molar-refractivity contribution in [3.8, 4) is 11.5 Å². The van der Waals surface area contributed by atoms with Gasteiger partial charge in [-0.1, -0.05) is 73.5 Å². The molecule has 520 valence electrons. The molecule has 2 spiro atoms. The van der Waals surface area contributed by atoms with Gasteiger partial charge in [-0.3, -0.25) is 9.59 Å². The first-order chi connectivity index (χ1) is 46.9. The second-order valence-corrected chi connectivity index (χ2v) is 33.7. The summed E-state index contributed by atoms with van der Waals surface area (Å²) in [7, 11) is -4.67. The van der Waals surface area contributed by atoms with Gasteiger partial charge in [0.1, 0.15) is 22.7 Å². The molecule has 22 heteroatoms. The number of nitrogens with one attached hydrogen (secondary N) is 2. The van der Waals surface area contributed by atoms with Crippen LogP contribution in [0.3, 0.4) is 0 Å². The molecule has 2 saturated carbocycles. The van der Waals surface area contributed by atoms with Crippen LogP contribution in [0.5, 0.6) is 11.5 Å². The summed E-state index contributed by atoms with van der Waals surface area (Å²) in [6.45, 7) is 10.4. The van der Waals surface area contributed by atoms with E-state index in [-0.39, 0.29) is 57.5 Å². The molecular weight excluding hydrogens is 1330 g/mol. The molecule has 4 bridgehead atoms. The van der Waals surface area contributed by atoms with Crippen LogP contribution in [0.4, 0.5) is 20.2 Å². The molecule has 14 rings (SSSR count). The number of carbonyl (C=O) groups excluding carboxylic acids is 2. The highest BCUT2D eigenvalue weighted by molar-refractivity contribution is 7.91. The number of benzene rings is 4. The Hall–Kier alpha value is -6.94. The monoisotopic (exact) mass is 1410 g/mol. The Labute approximate surface area is 584 Å². The number of aromatic nitrogens is 2. The van der Waals surface area contributed by atoms with Crippen molar-refractivity contribution in [3.05, 3.63) is 200 Å². The van der Waals surface area contributed by atoms with Gasteiger partial charge in [0.05, 0.1) is 35.1 Å². The van der Waals surface area contributed by atoms with Crippen LogP contribution in [-0.2, 0) is 64.4 Å². The number of allylic oxidation sites excluding steroid dienone is 2. The van der Waals surface area contributed by atoms with Crippen LogP contribution in [-0.4, -0.2) is 103 Å². The molecule has 12 atom stereocenters. The summed E-state index contributed by atoms with van der Waals surface area (Å²) < 4.78 is 113. The Kier molecular flexibility index (Phi) is 19.5. The van der Waals surface area contributed by atoms with E-state index in [1.54, 1.807) is 89.0 Å². The van der Waals surface area contributed by atoms with E-state index in [2.05, 4.69) is 53.5 Å². The molecule has 0 unspecified atom stereocenters. The van der Waals surface area contributed by atoms with Gasteiger partial charge in [-0.05, 0) is 222 Å². The van der Waals surface area contributed by atoms with Crippen LogP contribution < -0.4 is 28.7 Å². The molecule has 0 radical (unpaired) electrons. The van der Waals surface area contributed by atoms with Crippen molar-refractivity contribution in [2.75, 3.05) is 63.4 Å². The van der Waals surface area contributed by atoms with Gasteiger partial charge in [-0.25, -0.2) is 36.2 Å². The fourth-order valence-corrected chi connectivity index (χ4v) is 20.0. The minimum atomic E-state index is -4.01. The number of fused-ring (bicyclic) bond motifs is 8. The number of hydrogen-bond acceptors (Lipinski definition) is 14. The molecule has 2 amide bonds. The molecule has 0 saturated heterocycles. The lowest BCUT2D eigenvalue weighted by molar-refractivity contribution is -0.0807. The van der Waals surface area contributed by atoms with Gasteiger partial charge in [0.2, 0.25) is 31.9 Å². The Morgan fingerprint density at radius 1 is 0.561 bits per heavy atom. The number of rotatable bonds is 4. The zero-order chi connectivity index (χ0) is 69.1. The fourth-order valence-electron chi connectivity index (χ4n) is 17.0. The third-order valence-corrected chi connectivity index (χ3v) is 27.6. The summed E-state index contributed by atoms with van der Waals surface area (Å²) >= 11 is 12.9. The zero-order valence-corrected chi connectivity index (χ0v) is 59.4. The average Bonchev–Trinajstić information content (AvgIpc) is 0.792. The van der Waals surface area contributed by atoms with Crippen molar-refractivity contribution < 1.29 is 54.2 Å². The molecule has 16 nitrogen and oxygen atoms in total. The van der Waals surface area contributed by atoms with Crippen molar-refractivity contribution in [2.45, 2.75) is 137 Å². The van der Waals surface area contributed by atoms with E-state index in [1.807, 2.05) is 50.3 Å². The van der Waals surface area contributed by atoms with Crippen LogP contribution in [0, 0.1) is 47.4 Å². The fraction of sp³-hybridized carbons (Fsp3) is 0.474. The number of hydrogen-bond donors (Lipinski definition) is 2. The Balaban J connectivity index is 0.000000176. The topological polar surface area (TPSA) is 196 Å². The highest BCUT2D eigenvalue weighted by Gasteiger charge is 2.53. The number of nitrogens with zero attached hydrogens (tertiary/aromatic N) is 4. The molecular formula is C76H86Cl2F2N6O10S2. The lowest BCUT2D eigenvalue weighted by atomic mass is 9.62. The standard InChI is InChI=1S/2C38H43ClFN3O5S/c2*1-24-6-4-17-38(47-3,29-10-15-35(40)41-20-29)32-12-8-28(32)21-43-22-37(16-5-7-26-18-30(39)11-13-31(26)37)23-48-34-14-9-27(19-33(34)43)36(44)42-49(45,46)25(24)2/h2*4,9-11,13-15,17-20,24-25,28,32H,5-8,12,16,21-23H2,1-3H3,(H,42,44)/b2*17-4+/t24-,25+,28-,32+,37-,38+;24-,25+,28-,32+,37-,38-/m00/s1. The van der Waals surface area contributed by atoms with Gasteiger partial charge in [0.25, 0.3) is 11.8 Å². The van der Waals surface area contributed by atoms with E-state index < -0.39 is 65.5 Å². The Bertz CT molecular complexity index is 4050. The zero-order valence-electron chi connectivity index (χ0n) is 56.2. The lowest BCUT2D eigenvalue weighted by Crippen LogP contribution is -2.52. The third kappa shape index (κ3) is 13.2. The predicted octanol–water partition coefficient (Wildman–Crippen LogP) is 13.9. The average molecular weight is 1420 g/mol. The maximum absolute atomic E-state index is 14.1. The normalized spacial score (nSPS) is 31.7. The number of pyridine rings is 2. The van der Waals surface area contributed by atoms with Crippen molar-refractivity contribution in [1.82, 2.24) is 19.4 Å². The summed E-state index contributed by atoms with van der Waals surface area (Å²) in [5.74, 6) is -1.38. The summed E-state index contributed by atoms with van der Waals surface area (Å²) in [5.41, 5.74) is 5.96. The van der Waals surface area contributed by atoms with Crippen LogP contribution >= 0.6 is 23.2 Å². The molecule has 98 heavy (non-hydrogen) atoms. The van der Waals surface area contributed by atoms with E-state index in [9.17, 15) is 35.2 Å². The summed E-state index contributed by atoms with van der Waals surface area (Å²) in [5, 5.41) is -0.278. The molecule has 6 heterocycles. The number of anilines is 2. The second kappa shape index (κ2) is 27.5. The molecule has 2 fully saturated rings. The van der Waals surface area contributed by atoms with Crippen molar-refractivity contribution >= 4 is 66.4 Å². The largest absolute Gasteiger partial charge is 0.490 e. The maximum atomic E-state index is 14.1. The summed E-state index contributed by atoms with van der Waals surface area (Å²) in [6, 6.07) is 28.8. The number of aryl methyl sites for hydroxylation is 2. The third-order valence-electron chi connectivity index (χ3n) is 23.3. The summed E-state index contributed by atoms with van der Waals surface area (Å²) in [4.78, 5) is 39.7. The van der Waals surface area contributed by atoms with Crippen LogP contribution in [0.2, 0.25) is 10.0 Å². The number of carbonyl (C=O) groups is 2. The molecule has 8 aliphatic rings. The molecule has 2 N–H and O–H groups in total. The Morgan fingerprint density at radius 3 is 1.35 bits per heavy atom. The SMILES string of the molecule is CO[C@@]1(c2ccc(F)nc2)/C=C/C[C@H](C)[C@@H](C)S(=O)(=O)NC(=O)c2ccc3c(c2)N(C[C@@H]2CC[C@H]21)C[C@@]1(CCCc2cc(Cl)ccc21)CO3.CO[C@]1(c2ccc(F)nc2)/C=C/C[C@H](C)[C@@H](C)S(=O)(=O)NC(=O)c2ccc3c(c2)N(C[C@@H]2CC[C@H]21)C[C@@]1(CCCc2cc(Cl)ccc21)CO3. The maximum Gasteiger partial charge on any atom is 0.264 e. The second-order valence-electron chi connectivity index (χ2n) is 28.8. The first-order valence-electron chi connectivity index (χ1n) is 34.3. The van der Waals surface area contributed by atoms with Gasteiger partial charge < -0.3 is 28.7 Å². The van der Waals surface area contributed by atoms with E-state index in [1.165, 1.54) is 34.4 Å². The van der Waals surface area contributed by atoms with E-state index in [0.29, 0.717) is 73.8 Å². The molecule has 6 aromatic rings. The van der Waals surface area contributed by atoms with E-state index in [0.717, 1.165) is 86.7 Å². The van der Waals surface area contributed by atoms with Crippen molar-refractivity contribution in [3.63, 3.8) is 0 Å². The number of halogens is 4.